The topological polar surface area (TPSA) is 56.6 Å². The van der Waals surface area contributed by atoms with Gasteiger partial charge in [-0.1, -0.05) is 18.6 Å². The molecule has 0 aromatic heterocycles. The molecule has 0 radical (unpaired) electrons. The summed E-state index contributed by atoms with van der Waals surface area (Å²) < 4.78 is 5.00. The van der Waals surface area contributed by atoms with E-state index in [1.165, 1.54) is 26.4 Å². The van der Waals surface area contributed by atoms with Gasteiger partial charge in [0.2, 0.25) is 0 Å². The fourth-order valence-corrected chi connectivity index (χ4v) is 3.45. The lowest BCUT2D eigenvalue weighted by atomic mass is 9.98. The smallest absolute Gasteiger partial charge is 0.327 e. The quantitative estimate of drug-likeness (QED) is 0.751. The molecule has 0 unspecified atom stereocenters. The van der Waals surface area contributed by atoms with Crippen molar-refractivity contribution in [1.82, 2.24) is 9.80 Å². The van der Waals surface area contributed by atoms with Gasteiger partial charge in [-0.25, -0.2) is 4.79 Å². The molecule has 0 bridgehead atoms. The van der Waals surface area contributed by atoms with Crippen molar-refractivity contribution < 1.29 is 9.53 Å². The van der Waals surface area contributed by atoms with E-state index in [1.54, 1.807) is 12.1 Å². The van der Waals surface area contributed by atoms with E-state index in [4.69, 9.17) is 10.00 Å². The van der Waals surface area contributed by atoms with E-state index in [0.717, 1.165) is 25.1 Å². The first-order valence-corrected chi connectivity index (χ1v) is 8.55. The first-order valence-electron chi connectivity index (χ1n) is 8.55. The zero-order chi connectivity index (χ0) is 17.5. The first-order chi connectivity index (χ1) is 11.6. The minimum Gasteiger partial charge on any atom is -0.468 e. The standard InChI is InChI=1S/C19H27N3O2/c1-21-11-5-4-9-17(21)10-12-22(2)18(19(23)24-3)16-8-6-7-15(13-16)14-20/h6-8,13,17-18H,4-5,9-12H2,1-3H3/t17-,18+/m1/s1. The van der Waals surface area contributed by atoms with Gasteiger partial charge in [0.15, 0.2) is 0 Å². The number of ether oxygens (including phenoxy) is 1. The molecule has 5 nitrogen and oxygen atoms in total. The van der Waals surface area contributed by atoms with Crippen molar-refractivity contribution in [2.24, 2.45) is 0 Å². The molecule has 1 heterocycles. The van der Waals surface area contributed by atoms with Crippen LogP contribution in [-0.4, -0.2) is 56.1 Å². The van der Waals surface area contributed by atoms with Crippen LogP contribution in [0.15, 0.2) is 24.3 Å². The molecule has 0 N–H and O–H groups in total. The molecule has 0 amide bonds. The Kier molecular flexibility index (Phi) is 6.77. The highest BCUT2D eigenvalue weighted by Crippen LogP contribution is 2.24. The Labute approximate surface area is 144 Å². The molecule has 1 aliphatic heterocycles. The van der Waals surface area contributed by atoms with E-state index in [2.05, 4.69) is 18.0 Å². The van der Waals surface area contributed by atoms with Gasteiger partial charge in [0.05, 0.1) is 18.7 Å². The summed E-state index contributed by atoms with van der Waals surface area (Å²) in [4.78, 5) is 16.8. The highest BCUT2D eigenvalue weighted by atomic mass is 16.5. The van der Waals surface area contributed by atoms with Crippen LogP contribution in [0.25, 0.3) is 0 Å². The summed E-state index contributed by atoms with van der Waals surface area (Å²) in [6.07, 6.45) is 4.80. The van der Waals surface area contributed by atoms with Gasteiger partial charge < -0.3 is 9.64 Å². The number of carbonyl (C=O) groups is 1. The van der Waals surface area contributed by atoms with E-state index in [0.29, 0.717) is 11.6 Å². The number of likely N-dealkylation sites (tertiary alicyclic amines) is 1. The molecule has 130 valence electrons. The van der Waals surface area contributed by atoms with E-state index < -0.39 is 6.04 Å². The fourth-order valence-electron chi connectivity index (χ4n) is 3.45. The maximum atomic E-state index is 12.3. The predicted molar refractivity (Wildman–Crippen MR) is 93.4 cm³/mol. The molecular formula is C19H27N3O2. The van der Waals surface area contributed by atoms with Gasteiger partial charge in [0.25, 0.3) is 0 Å². The molecule has 1 aromatic rings. The summed E-state index contributed by atoms with van der Waals surface area (Å²) in [6, 6.07) is 9.44. The average molecular weight is 329 g/mol. The summed E-state index contributed by atoms with van der Waals surface area (Å²) in [5.41, 5.74) is 1.36. The SMILES string of the molecule is COC(=O)[C@H](c1cccc(C#N)c1)N(C)CC[C@H]1CCCCN1C. The minimum atomic E-state index is -0.475. The normalized spacial score (nSPS) is 19.7. The van der Waals surface area contributed by atoms with Crippen molar-refractivity contribution in [2.45, 2.75) is 37.8 Å². The molecule has 0 spiro atoms. The molecule has 2 rings (SSSR count). The second-order valence-electron chi connectivity index (χ2n) is 6.56. The van der Waals surface area contributed by atoms with Crippen LogP contribution in [0.1, 0.15) is 42.9 Å². The van der Waals surface area contributed by atoms with Gasteiger partial charge in [-0.05, 0) is 57.6 Å². The van der Waals surface area contributed by atoms with Crippen LogP contribution in [0, 0.1) is 11.3 Å². The van der Waals surface area contributed by atoms with Crippen LogP contribution in [0.2, 0.25) is 0 Å². The summed E-state index contributed by atoms with van der Waals surface area (Å²) >= 11 is 0. The maximum Gasteiger partial charge on any atom is 0.327 e. The molecule has 0 saturated carbocycles. The Bertz CT molecular complexity index is 597. The Balaban J connectivity index is 2.09. The second-order valence-corrected chi connectivity index (χ2v) is 6.56. The second kappa shape index (κ2) is 8.81. The zero-order valence-corrected chi connectivity index (χ0v) is 14.9. The van der Waals surface area contributed by atoms with Gasteiger partial charge in [0.1, 0.15) is 6.04 Å². The van der Waals surface area contributed by atoms with Gasteiger partial charge >= 0.3 is 5.97 Å². The molecule has 2 atom stereocenters. The van der Waals surface area contributed by atoms with Gasteiger partial charge in [0, 0.05) is 12.6 Å². The van der Waals surface area contributed by atoms with Crippen LogP contribution >= 0.6 is 0 Å². The Hall–Kier alpha value is -1.90. The molecular weight excluding hydrogens is 302 g/mol. The number of likely N-dealkylation sites (N-methyl/N-ethyl adjacent to an activating group) is 1. The Morgan fingerprint density at radius 2 is 2.29 bits per heavy atom. The molecule has 24 heavy (non-hydrogen) atoms. The predicted octanol–water partition coefficient (Wildman–Crippen LogP) is 2.58. The fraction of sp³-hybridized carbons (Fsp3) is 0.579. The molecule has 1 aliphatic rings. The largest absolute Gasteiger partial charge is 0.468 e. The zero-order valence-electron chi connectivity index (χ0n) is 14.9. The number of benzene rings is 1. The van der Waals surface area contributed by atoms with Gasteiger partial charge in [-0.3, -0.25) is 4.90 Å². The third-order valence-corrected chi connectivity index (χ3v) is 4.93. The van der Waals surface area contributed by atoms with Crippen LogP contribution in [0.4, 0.5) is 0 Å². The highest BCUT2D eigenvalue weighted by Gasteiger charge is 2.27. The molecule has 0 aliphatic carbocycles. The molecule has 5 heteroatoms. The number of nitrogens with zero attached hydrogens (tertiary/aromatic N) is 3. The number of esters is 1. The van der Waals surface area contributed by atoms with Crippen molar-refractivity contribution in [2.75, 3.05) is 34.3 Å². The van der Waals surface area contributed by atoms with Crippen LogP contribution in [-0.2, 0) is 9.53 Å². The average Bonchev–Trinajstić information content (AvgIpc) is 2.61. The van der Waals surface area contributed by atoms with Crippen LogP contribution in [0.3, 0.4) is 0 Å². The minimum absolute atomic E-state index is 0.287. The first kappa shape index (κ1) is 18.4. The molecule has 1 saturated heterocycles. The van der Waals surface area contributed by atoms with Crippen molar-refractivity contribution in [3.63, 3.8) is 0 Å². The van der Waals surface area contributed by atoms with E-state index in [1.807, 2.05) is 24.1 Å². The number of hydrogen-bond donors (Lipinski definition) is 0. The van der Waals surface area contributed by atoms with Crippen LogP contribution in [0.5, 0.6) is 0 Å². The van der Waals surface area contributed by atoms with Crippen molar-refractivity contribution in [1.29, 1.82) is 5.26 Å². The Morgan fingerprint density at radius 1 is 1.50 bits per heavy atom. The molecule has 1 fully saturated rings. The third kappa shape index (κ3) is 4.56. The highest BCUT2D eigenvalue weighted by molar-refractivity contribution is 5.77. The van der Waals surface area contributed by atoms with Crippen molar-refractivity contribution in [3.8, 4) is 6.07 Å². The summed E-state index contributed by atoms with van der Waals surface area (Å²) in [6.45, 7) is 1.96. The van der Waals surface area contributed by atoms with Gasteiger partial charge in [-0.15, -0.1) is 0 Å². The summed E-state index contributed by atoms with van der Waals surface area (Å²) in [7, 11) is 5.54. The Morgan fingerprint density at radius 3 is 2.96 bits per heavy atom. The van der Waals surface area contributed by atoms with E-state index in [9.17, 15) is 4.79 Å². The number of rotatable bonds is 6. The number of nitriles is 1. The number of hydrogen-bond acceptors (Lipinski definition) is 5. The number of methoxy groups -OCH3 is 1. The number of piperidine rings is 1. The molecule has 1 aromatic carbocycles. The van der Waals surface area contributed by atoms with Gasteiger partial charge in [-0.2, -0.15) is 5.26 Å². The third-order valence-electron chi connectivity index (χ3n) is 4.93. The van der Waals surface area contributed by atoms with Crippen LogP contribution < -0.4 is 0 Å². The lowest BCUT2D eigenvalue weighted by Crippen LogP contribution is -2.40. The summed E-state index contributed by atoms with van der Waals surface area (Å²) in [5, 5.41) is 9.10. The van der Waals surface area contributed by atoms with Crippen molar-refractivity contribution >= 4 is 5.97 Å². The lowest BCUT2D eigenvalue weighted by molar-refractivity contribution is -0.146. The van der Waals surface area contributed by atoms with Crippen molar-refractivity contribution in [3.05, 3.63) is 35.4 Å². The maximum absolute atomic E-state index is 12.3. The number of carbonyl (C=O) groups excluding carboxylic acids is 1. The monoisotopic (exact) mass is 329 g/mol. The van der Waals surface area contributed by atoms with E-state index >= 15 is 0 Å². The van der Waals surface area contributed by atoms with E-state index in [-0.39, 0.29) is 5.97 Å². The summed E-state index contributed by atoms with van der Waals surface area (Å²) in [5.74, 6) is -0.287. The lowest BCUT2D eigenvalue weighted by Gasteiger charge is -2.34.